The summed E-state index contributed by atoms with van der Waals surface area (Å²) in [6.45, 7) is 2.17. The summed E-state index contributed by atoms with van der Waals surface area (Å²) in [6, 6.07) is 19.2. The second kappa shape index (κ2) is 9.07. The van der Waals surface area contributed by atoms with E-state index in [1.807, 2.05) is 72.6 Å². The molecule has 1 atom stereocenters. The molecule has 2 aromatic carbocycles. The van der Waals surface area contributed by atoms with Gasteiger partial charge in [0.2, 0.25) is 0 Å². The average molecular weight is 301 g/mol. The van der Waals surface area contributed by atoms with Gasteiger partial charge < -0.3 is 19.5 Å². The summed E-state index contributed by atoms with van der Waals surface area (Å²) in [5.41, 5.74) is 0. The molecule has 4 heteroatoms. The first kappa shape index (κ1) is 16.3. The predicted molar refractivity (Wildman–Crippen MR) is 87.4 cm³/mol. The lowest BCUT2D eigenvalue weighted by molar-refractivity contribution is 0.0723. The lowest BCUT2D eigenvalue weighted by Gasteiger charge is -2.20. The molecule has 0 aliphatic heterocycles. The maximum Gasteiger partial charge on any atom is 0.119 e. The maximum absolute atomic E-state index is 9.99. The molecule has 0 saturated carbocycles. The molecule has 0 amide bonds. The van der Waals surface area contributed by atoms with Crippen LogP contribution in [0, 0.1) is 0 Å². The van der Waals surface area contributed by atoms with Crippen LogP contribution in [0.5, 0.6) is 11.5 Å². The Morgan fingerprint density at radius 2 is 1.45 bits per heavy atom. The van der Waals surface area contributed by atoms with Crippen molar-refractivity contribution in [3.8, 4) is 11.5 Å². The number of aliphatic hydroxyl groups is 1. The van der Waals surface area contributed by atoms with Gasteiger partial charge in [0.25, 0.3) is 0 Å². The van der Waals surface area contributed by atoms with E-state index in [0.29, 0.717) is 13.2 Å². The Morgan fingerprint density at radius 3 is 2.05 bits per heavy atom. The standard InChI is InChI=1S/C18H23NO3/c1-19(12-13-21-17-8-4-2-5-9-17)14-16(20)15-22-18-10-6-3-7-11-18/h2-11,16,20H,12-15H2,1H3/t16-/m0/s1. The number of nitrogens with zero attached hydrogens (tertiary/aromatic N) is 1. The van der Waals surface area contributed by atoms with Gasteiger partial charge in [0.1, 0.15) is 30.8 Å². The van der Waals surface area contributed by atoms with Crippen LogP contribution in [0.4, 0.5) is 0 Å². The summed E-state index contributed by atoms with van der Waals surface area (Å²) in [4.78, 5) is 2.03. The summed E-state index contributed by atoms with van der Waals surface area (Å²) in [7, 11) is 1.96. The third kappa shape index (κ3) is 6.16. The molecular formula is C18H23NO3. The number of rotatable bonds is 9. The van der Waals surface area contributed by atoms with Crippen LogP contribution in [0.25, 0.3) is 0 Å². The van der Waals surface area contributed by atoms with E-state index in [2.05, 4.69) is 0 Å². The van der Waals surface area contributed by atoms with Crippen molar-refractivity contribution in [1.82, 2.24) is 4.90 Å². The minimum Gasteiger partial charge on any atom is -0.492 e. The van der Waals surface area contributed by atoms with Crippen LogP contribution in [0.2, 0.25) is 0 Å². The Bertz CT molecular complexity index is 518. The highest BCUT2D eigenvalue weighted by Gasteiger charge is 2.09. The van der Waals surface area contributed by atoms with Crippen molar-refractivity contribution in [1.29, 1.82) is 0 Å². The average Bonchev–Trinajstić information content (AvgIpc) is 2.55. The smallest absolute Gasteiger partial charge is 0.119 e. The Balaban J connectivity index is 1.60. The minimum atomic E-state index is -0.526. The molecule has 22 heavy (non-hydrogen) atoms. The molecule has 0 unspecified atom stereocenters. The lowest BCUT2D eigenvalue weighted by Crippen LogP contribution is -2.35. The topological polar surface area (TPSA) is 41.9 Å². The molecule has 0 spiro atoms. The molecule has 0 bridgehead atoms. The van der Waals surface area contributed by atoms with Gasteiger partial charge in [0.05, 0.1) is 0 Å². The van der Waals surface area contributed by atoms with E-state index in [-0.39, 0.29) is 6.61 Å². The van der Waals surface area contributed by atoms with Crippen molar-refractivity contribution in [3.63, 3.8) is 0 Å². The van der Waals surface area contributed by atoms with E-state index in [0.717, 1.165) is 18.0 Å². The third-order valence-electron chi connectivity index (χ3n) is 3.19. The highest BCUT2D eigenvalue weighted by Crippen LogP contribution is 2.09. The van der Waals surface area contributed by atoms with E-state index >= 15 is 0 Å². The molecule has 118 valence electrons. The van der Waals surface area contributed by atoms with Crippen LogP contribution in [0.1, 0.15) is 0 Å². The van der Waals surface area contributed by atoms with Gasteiger partial charge in [-0.25, -0.2) is 0 Å². The molecule has 0 aliphatic carbocycles. The Kier molecular flexibility index (Phi) is 6.74. The molecular weight excluding hydrogens is 278 g/mol. The highest BCUT2D eigenvalue weighted by molar-refractivity contribution is 5.21. The number of likely N-dealkylation sites (N-methyl/N-ethyl adjacent to an activating group) is 1. The maximum atomic E-state index is 9.99. The Hall–Kier alpha value is -2.04. The summed E-state index contributed by atoms with van der Waals surface area (Å²) < 4.78 is 11.2. The first-order valence-electron chi connectivity index (χ1n) is 7.46. The number of hydrogen-bond donors (Lipinski definition) is 1. The van der Waals surface area contributed by atoms with E-state index in [4.69, 9.17) is 9.47 Å². The molecule has 0 aromatic heterocycles. The van der Waals surface area contributed by atoms with Gasteiger partial charge in [0.15, 0.2) is 0 Å². The van der Waals surface area contributed by atoms with Gasteiger partial charge in [0, 0.05) is 13.1 Å². The number of para-hydroxylation sites is 2. The zero-order valence-electron chi connectivity index (χ0n) is 12.9. The van der Waals surface area contributed by atoms with Crippen LogP contribution in [-0.4, -0.2) is 49.5 Å². The first-order valence-corrected chi connectivity index (χ1v) is 7.46. The zero-order chi connectivity index (χ0) is 15.6. The second-order valence-corrected chi connectivity index (χ2v) is 5.20. The van der Waals surface area contributed by atoms with Crippen molar-refractivity contribution < 1.29 is 14.6 Å². The zero-order valence-corrected chi connectivity index (χ0v) is 12.9. The van der Waals surface area contributed by atoms with E-state index in [1.54, 1.807) is 0 Å². The number of benzene rings is 2. The number of ether oxygens (including phenoxy) is 2. The van der Waals surface area contributed by atoms with Crippen molar-refractivity contribution in [2.24, 2.45) is 0 Å². The van der Waals surface area contributed by atoms with Gasteiger partial charge >= 0.3 is 0 Å². The van der Waals surface area contributed by atoms with Crippen LogP contribution in [0.3, 0.4) is 0 Å². The van der Waals surface area contributed by atoms with Crippen molar-refractivity contribution in [2.75, 3.05) is 33.4 Å². The molecule has 0 saturated heterocycles. The van der Waals surface area contributed by atoms with Crippen LogP contribution in [0.15, 0.2) is 60.7 Å². The molecule has 0 aliphatic rings. The summed E-state index contributed by atoms with van der Waals surface area (Å²) in [5, 5.41) is 9.99. The van der Waals surface area contributed by atoms with Gasteiger partial charge in [-0.2, -0.15) is 0 Å². The number of aliphatic hydroxyl groups excluding tert-OH is 1. The Labute approximate surface area is 131 Å². The fraction of sp³-hybridized carbons (Fsp3) is 0.333. The lowest BCUT2D eigenvalue weighted by atomic mass is 10.3. The summed E-state index contributed by atoms with van der Waals surface area (Å²) >= 11 is 0. The fourth-order valence-corrected chi connectivity index (χ4v) is 2.05. The van der Waals surface area contributed by atoms with Crippen molar-refractivity contribution in [3.05, 3.63) is 60.7 Å². The molecule has 4 nitrogen and oxygen atoms in total. The van der Waals surface area contributed by atoms with Crippen LogP contribution in [-0.2, 0) is 0 Å². The molecule has 2 aromatic rings. The summed E-state index contributed by atoms with van der Waals surface area (Å²) in [6.07, 6.45) is -0.526. The van der Waals surface area contributed by atoms with E-state index < -0.39 is 6.10 Å². The van der Waals surface area contributed by atoms with Crippen LogP contribution >= 0.6 is 0 Å². The number of hydrogen-bond acceptors (Lipinski definition) is 4. The van der Waals surface area contributed by atoms with Crippen molar-refractivity contribution >= 4 is 0 Å². The summed E-state index contributed by atoms with van der Waals surface area (Å²) in [5.74, 6) is 1.64. The fourth-order valence-electron chi connectivity index (χ4n) is 2.05. The second-order valence-electron chi connectivity index (χ2n) is 5.20. The first-order chi connectivity index (χ1) is 10.7. The van der Waals surface area contributed by atoms with Gasteiger partial charge in [-0.1, -0.05) is 36.4 Å². The molecule has 2 rings (SSSR count). The SMILES string of the molecule is CN(CCOc1ccccc1)C[C@H](O)COc1ccccc1. The molecule has 1 N–H and O–H groups in total. The van der Waals surface area contributed by atoms with E-state index in [9.17, 15) is 5.11 Å². The predicted octanol–water partition coefficient (Wildman–Crippen LogP) is 2.44. The quantitative estimate of drug-likeness (QED) is 0.772. The highest BCUT2D eigenvalue weighted by atomic mass is 16.5. The monoisotopic (exact) mass is 301 g/mol. The van der Waals surface area contributed by atoms with E-state index in [1.165, 1.54) is 0 Å². The molecule has 0 radical (unpaired) electrons. The molecule has 0 fully saturated rings. The van der Waals surface area contributed by atoms with Gasteiger partial charge in [-0.05, 0) is 31.3 Å². The largest absolute Gasteiger partial charge is 0.492 e. The minimum absolute atomic E-state index is 0.286. The Morgan fingerprint density at radius 1 is 0.909 bits per heavy atom. The third-order valence-corrected chi connectivity index (χ3v) is 3.19. The van der Waals surface area contributed by atoms with Crippen LogP contribution < -0.4 is 9.47 Å². The normalized spacial score (nSPS) is 12.1. The molecule has 0 heterocycles. The van der Waals surface area contributed by atoms with Crippen molar-refractivity contribution in [2.45, 2.75) is 6.10 Å². The van der Waals surface area contributed by atoms with Gasteiger partial charge in [-0.15, -0.1) is 0 Å². The van der Waals surface area contributed by atoms with Gasteiger partial charge in [-0.3, -0.25) is 0 Å².